The van der Waals surface area contributed by atoms with Crippen LogP contribution in [0.2, 0.25) is 0 Å². The van der Waals surface area contributed by atoms with Crippen molar-refractivity contribution in [2.45, 2.75) is 26.3 Å². The zero-order valence-electron chi connectivity index (χ0n) is 8.00. The molecule has 0 atom stereocenters. The van der Waals surface area contributed by atoms with E-state index in [2.05, 4.69) is 16.5 Å². The van der Waals surface area contributed by atoms with Crippen molar-refractivity contribution in [1.29, 1.82) is 0 Å². The number of carbonyl (C=O) groups excluding carboxylic acids is 1. The lowest BCUT2D eigenvalue weighted by Crippen LogP contribution is -2.17. The number of carbonyl (C=O) groups is 1. The van der Waals surface area contributed by atoms with Gasteiger partial charge in [-0.2, -0.15) is 0 Å². The molecule has 0 aromatic carbocycles. The maximum Gasteiger partial charge on any atom is 0.219 e. The van der Waals surface area contributed by atoms with Crippen LogP contribution in [-0.4, -0.2) is 22.5 Å². The number of imidazole rings is 1. The number of aryl methyl sites for hydroxylation is 2. The van der Waals surface area contributed by atoms with Crippen LogP contribution in [0.3, 0.4) is 0 Å². The normalized spacial score (nSPS) is 10.0. The van der Waals surface area contributed by atoms with Crippen LogP contribution in [0.15, 0.2) is 6.20 Å². The van der Waals surface area contributed by atoms with Crippen molar-refractivity contribution in [3.05, 3.63) is 18.2 Å². The highest BCUT2D eigenvalue weighted by Crippen LogP contribution is 1.98. The van der Waals surface area contributed by atoms with E-state index in [9.17, 15) is 4.79 Å². The molecule has 0 saturated heterocycles. The van der Waals surface area contributed by atoms with Crippen LogP contribution in [0.5, 0.6) is 0 Å². The van der Waals surface area contributed by atoms with E-state index in [1.807, 2.05) is 11.5 Å². The van der Waals surface area contributed by atoms with Crippen LogP contribution in [0.1, 0.15) is 18.7 Å². The zero-order valence-corrected chi connectivity index (χ0v) is 8.00. The third-order valence-corrected chi connectivity index (χ3v) is 1.94. The third kappa shape index (κ3) is 2.89. The summed E-state index contributed by atoms with van der Waals surface area (Å²) in [6.07, 6.45) is 5.97. The standard InChI is InChI=1S/C9H14N3O/c1-8-11-5-7-12(8)6-3-4-9(13)10-2/h7H,3-4,6H2,1-2H3,(H,10,13). The smallest absolute Gasteiger partial charge is 0.219 e. The lowest BCUT2D eigenvalue weighted by molar-refractivity contribution is -0.120. The molecule has 1 heterocycles. The highest BCUT2D eigenvalue weighted by Gasteiger charge is 1.99. The second-order valence-electron chi connectivity index (χ2n) is 2.89. The van der Waals surface area contributed by atoms with Crippen LogP contribution in [0.4, 0.5) is 0 Å². The minimum Gasteiger partial charge on any atom is -0.359 e. The maximum atomic E-state index is 10.9. The molecule has 13 heavy (non-hydrogen) atoms. The fourth-order valence-electron chi connectivity index (χ4n) is 1.11. The Balaban J connectivity index is 2.28. The Kier molecular flexibility index (Phi) is 3.49. The largest absolute Gasteiger partial charge is 0.359 e. The van der Waals surface area contributed by atoms with E-state index in [0.29, 0.717) is 6.42 Å². The van der Waals surface area contributed by atoms with E-state index in [0.717, 1.165) is 18.8 Å². The molecule has 1 aromatic heterocycles. The van der Waals surface area contributed by atoms with Gasteiger partial charge < -0.3 is 9.88 Å². The van der Waals surface area contributed by atoms with Gasteiger partial charge in [-0.05, 0) is 13.3 Å². The molecule has 0 unspecified atom stereocenters. The first-order chi connectivity index (χ1) is 6.24. The molecule has 4 nitrogen and oxygen atoms in total. The summed E-state index contributed by atoms with van der Waals surface area (Å²) in [5.41, 5.74) is 0. The molecule has 71 valence electrons. The Morgan fingerprint density at radius 3 is 3.08 bits per heavy atom. The molecular weight excluding hydrogens is 166 g/mol. The molecule has 0 aliphatic rings. The molecular formula is C9H14N3O. The summed E-state index contributed by atoms with van der Waals surface area (Å²) in [4.78, 5) is 14.9. The van der Waals surface area contributed by atoms with Gasteiger partial charge in [-0.25, -0.2) is 4.98 Å². The molecule has 0 saturated carbocycles. The molecule has 0 fully saturated rings. The number of rotatable bonds is 4. The van der Waals surface area contributed by atoms with Crippen molar-refractivity contribution >= 4 is 5.91 Å². The monoisotopic (exact) mass is 180 g/mol. The highest BCUT2D eigenvalue weighted by atomic mass is 16.1. The minimum absolute atomic E-state index is 0.0850. The van der Waals surface area contributed by atoms with Crippen molar-refractivity contribution in [3.8, 4) is 0 Å². The Morgan fingerprint density at radius 2 is 2.54 bits per heavy atom. The van der Waals surface area contributed by atoms with Gasteiger partial charge in [-0.15, -0.1) is 0 Å². The fraction of sp³-hybridized carbons (Fsp3) is 0.556. The summed E-state index contributed by atoms with van der Waals surface area (Å²) in [7, 11) is 1.65. The SMILES string of the molecule is CNC(=O)CCCn1c[c]nc1C. The number of aromatic nitrogens is 2. The van der Waals surface area contributed by atoms with Gasteiger partial charge in [-0.1, -0.05) is 0 Å². The second kappa shape index (κ2) is 4.64. The van der Waals surface area contributed by atoms with Crippen LogP contribution in [0, 0.1) is 13.1 Å². The van der Waals surface area contributed by atoms with Crippen molar-refractivity contribution in [1.82, 2.24) is 14.9 Å². The predicted octanol–water partition coefficient (Wildman–Crippen LogP) is 0.518. The van der Waals surface area contributed by atoms with Gasteiger partial charge in [0.25, 0.3) is 0 Å². The molecule has 0 bridgehead atoms. The Labute approximate surface area is 78.0 Å². The van der Waals surface area contributed by atoms with E-state index < -0.39 is 0 Å². The summed E-state index contributed by atoms with van der Waals surface area (Å²) in [5, 5.41) is 2.59. The van der Waals surface area contributed by atoms with E-state index in [1.54, 1.807) is 13.2 Å². The summed E-state index contributed by atoms with van der Waals surface area (Å²) in [6.45, 7) is 2.76. The maximum absolute atomic E-state index is 10.9. The van der Waals surface area contributed by atoms with E-state index >= 15 is 0 Å². The van der Waals surface area contributed by atoms with Gasteiger partial charge in [-0.3, -0.25) is 4.79 Å². The zero-order chi connectivity index (χ0) is 9.68. The van der Waals surface area contributed by atoms with Crippen molar-refractivity contribution in [2.24, 2.45) is 0 Å². The fourth-order valence-corrected chi connectivity index (χ4v) is 1.11. The molecule has 1 amide bonds. The van der Waals surface area contributed by atoms with Gasteiger partial charge in [0, 0.05) is 26.2 Å². The van der Waals surface area contributed by atoms with Gasteiger partial charge in [0.05, 0.1) is 0 Å². The van der Waals surface area contributed by atoms with Gasteiger partial charge in [0.2, 0.25) is 5.91 Å². The van der Waals surface area contributed by atoms with E-state index in [1.165, 1.54) is 0 Å². The van der Waals surface area contributed by atoms with Crippen molar-refractivity contribution in [3.63, 3.8) is 0 Å². The molecule has 1 rings (SSSR count). The lowest BCUT2D eigenvalue weighted by Gasteiger charge is -2.03. The van der Waals surface area contributed by atoms with Crippen LogP contribution in [0.25, 0.3) is 0 Å². The Morgan fingerprint density at radius 1 is 1.77 bits per heavy atom. The molecule has 4 heteroatoms. The topological polar surface area (TPSA) is 46.9 Å². The predicted molar refractivity (Wildman–Crippen MR) is 49.1 cm³/mol. The van der Waals surface area contributed by atoms with Crippen molar-refractivity contribution in [2.75, 3.05) is 7.05 Å². The first-order valence-corrected chi connectivity index (χ1v) is 4.34. The molecule has 0 aliphatic carbocycles. The summed E-state index contributed by atoms with van der Waals surface area (Å²) >= 11 is 0. The number of nitrogens with zero attached hydrogens (tertiary/aromatic N) is 2. The minimum atomic E-state index is 0.0850. The molecule has 0 spiro atoms. The second-order valence-corrected chi connectivity index (χ2v) is 2.89. The quantitative estimate of drug-likeness (QED) is 0.734. The summed E-state index contributed by atoms with van der Waals surface area (Å²) in [5.74, 6) is 1.03. The number of nitrogens with one attached hydrogen (secondary N) is 1. The Hall–Kier alpha value is -1.32. The van der Waals surface area contributed by atoms with Crippen LogP contribution in [-0.2, 0) is 11.3 Å². The average Bonchev–Trinajstić information content (AvgIpc) is 2.52. The molecule has 1 radical (unpaired) electrons. The van der Waals surface area contributed by atoms with Gasteiger partial charge >= 0.3 is 0 Å². The van der Waals surface area contributed by atoms with E-state index in [4.69, 9.17) is 0 Å². The van der Waals surface area contributed by atoms with Gasteiger partial charge in [0.1, 0.15) is 12.0 Å². The first-order valence-electron chi connectivity index (χ1n) is 4.34. The average molecular weight is 180 g/mol. The molecule has 1 N–H and O–H groups in total. The summed E-state index contributed by atoms with van der Waals surface area (Å²) in [6, 6.07) is 0. The highest BCUT2D eigenvalue weighted by molar-refractivity contribution is 5.75. The lowest BCUT2D eigenvalue weighted by atomic mass is 10.3. The molecule has 1 aromatic rings. The van der Waals surface area contributed by atoms with Crippen molar-refractivity contribution < 1.29 is 4.79 Å². The van der Waals surface area contributed by atoms with Crippen LogP contribution >= 0.6 is 0 Å². The third-order valence-electron chi connectivity index (χ3n) is 1.94. The number of hydrogen-bond acceptors (Lipinski definition) is 2. The molecule has 0 aliphatic heterocycles. The Bertz CT molecular complexity index is 280. The number of amides is 1. The number of hydrogen-bond donors (Lipinski definition) is 1. The summed E-state index contributed by atoms with van der Waals surface area (Å²) < 4.78 is 1.99. The first kappa shape index (κ1) is 9.77. The van der Waals surface area contributed by atoms with E-state index in [-0.39, 0.29) is 5.91 Å². The van der Waals surface area contributed by atoms with Gasteiger partial charge in [0.15, 0.2) is 0 Å². The van der Waals surface area contributed by atoms with Crippen LogP contribution < -0.4 is 5.32 Å².